The van der Waals surface area contributed by atoms with Crippen LogP contribution in [0.1, 0.15) is 5.56 Å². The average molecular weight is 279 g/mol. The Kier molecular flexibility index (Phi) is 4.73. The lowest BCUT2D eigenvalue weighted by molar-refractivity contribution is -0.129. The van der Waals surface area contributed by atoms with E-state index in [9.17, 15) is 4.79 Å². The number of hydrogen-bond acceptors (Lipinski definition) is 4. The third-order valence-electron chi connectivity index (χ3n) is 2.72. The molecule has 0 spiro atoms. The molecule has 0 aliphatic heterocycles. The average Bonchev–Trinajstić information content (AvgIpc) is 2.54. The van der Waals surface area contributed by atoms with Crippen LogP contribution in [0.15, 0.2) is 60.2 Å². The molecule has 0 atom stereocenters. The Bertz CT molecular complexity index is 699. The fraction of sp³-hybridized carbons (Fsp3) is 0.0588. The van der Waals surface area contributed by atoms with Crippen molar-refractivity contribution in [2.45, 2.75) is 0 Å². The van der Waals surface area contributed by atoms with Gasteiger partial charge in [-0.1, -0.05) is 42.5 Å². The predicted octanol–water partition coefficient (Wildman–Crippen LogP) is 3.21. The summed E-state index contributed by atoms with van der Waals surface area (Å²) in [6.45, 7) is 0. The second-order valence-corrected chi connectivity index (χ2v) is 4.12. The maximum absolute atomic E-state index is 12.0. The van der Waals surface area contributed by atoms with Crippen molar-refractivity contribution in [3.8, 4) is 17.6 Å². The van der Waals surface area contributed by atoms with Gasteiger partial charge in [0.2, 0.25) is 0 Å². The minimum Gasteiger partial charge on any atom is -0.493 e. The Morgan fingerprint density at radius 2 is 1.67 bits per heavy atom. The normalized spacial score (nSPS) is 10.6. The summed E-state index contributed by atoms with van der Waals surface area (Å²) in [4.78, 5) is 12.0. The Balaban J connectivity index is 2.22. The summed E-state index contributed by atoms with van der Waals surface area (Å²) in [5.41, 5.74) is 0.679. The van der Waals surface area contributed by atoms with Gasteiger partial charge in [-0.3, -0.25) is 0 Å². The highest BCUT2D eigenvalue weighted by atomic mass is 16.6. The van der Waals surface area contributed by atoms with Crippen LogP contribution in [0.25, 0.3) is 6.08 Å². The highest BCUT2D eigenvalue weighted by molar-refractivity contribution is 5.99. The van der Waals surface area contributed by atoms with E-state index in [1.54, 1.807) is 36.4 Å². The van der Waals surface area contributed by atoms with Crippen LogP contribution in [-0.4, -0.2) is 13.1 Å². The summed E-state index contributed by atoms with van der Waals surface area (Å²) in [5, 5.41) is 9.11. The van der Waals surface area contributed by atoms with Crippen molar-refractivity contribution in [3.63, 3.8) is 0 Å². The zero-order valence-electron chi connectivity index (χ0n) is 11.4. The lowest BCUT2D eigenvalue weighted by Gasteiger charge is -2.08. The highest BCUT2D eigenvalue weighted by Gasteiger charge is 2.14. The molecule has 21 heavy (non-hydrogen) atoms. The van der Waals surface area contributed by atoms with Gasteiger partial charge in [0, 0.05) is 0 Å². The fourth-order valence-electron chi connectivity index (χ4n) is 1.71. The predicted molar refractivity (Wildman–Crippen MR) is 78.7 cm³/mol. The smallest absolute Gasteiger partial charge is 0.354 e. The molecule has 0 aliphatic carbocycles. The molecule has 0 heterocycles. The van der Waals surface area contributed by atoms with Gasteiger partial charge in [0.05, 0.1) is 7.11 Å². The number of benzene rings is 2. The first kappa shape index (κ1) is 14.4. The van der Waals surface area contributed by atoms with Crippen LogP contribution in [0.4, 0.5) is 0 Å². The van der Waals surface area contributed by atoms with Gasteiger partial charge in [-0.25, -0.2) is 4.79 Å². The van der Waals surface area contributed by atoms with E-state index >= 15 is 0 Å². The minimum absolute atomic E-state index is 0.0768. The quantitative estimate of drug-likeness (QED) is 0.373. The number of carbonyl (C=O) groups is 1. The van der Waals surface area contributed by atoms with Gasteiger partial charge in [0.25, 0.3) is 0 Å². The molecule has 104 valence electrons. The molecule has 0 unspecified atom stereocenters. The number of nitriles is 1. The third kappa shape index (κ3) is 3.71. The first-order chi connectivity index (χ1) is 10.2. The number of carbonyl (C=O) groups excluding carboxylic acids is 1. The number of nitrogens with zero attached hydrogens (tertiary/aromatic N) is 1. The first-order valence-electron chi connectivity index (χ1n) is 6.26. The second kappa shape index (κ2) is 6.92. The minimum atomic E-state index is -0.717. The van der Waals surface area contributed by atoms with E-state index in [1.165, 1.54) is 13.2 Å². The summed E-state index contributed by atoms with van der Waals surface area (Å²) in [7, 11) is 1.48. The number of hydrogen-bond donors (Lipinski definition) is 0. The molecule has 4 heteroatoms. The lowest BCUT2D eigenvalue weighted by Crippen LogP contribution is -2.10. The van der Waals surface area contributed by atoms with Gasteiger partial charge in [-0.15, -0.1) is 0 Å². The van der Waals surface area contributed by atoms with Gasteiger partial charge >= 0.3 is 5.97 Å². The van der Waals surface area contributed by atoms with Crippen molar-refractivity contribution in [3.05, 3.63) is 65.7 Å². The summed E-state index contributed by atoms with van der Waals surface area (Å²) < 4.78 is 10.3. The van der Waals surface area contributed by atoms with Crippen LogP contribution in [0.5, 0.6) is 11.5 Å². The molecule has 0 saturated heterocycles. The zero-order chi connectivity index (χ0) is 15.1. The molecule has 0 aromatic heterocycles. The maximum Gasteiger partial charge on any atom is 0.354 e. The van der Waals surface area contributed by atoms with Crippen LogP contribution in [0.2, 0.25) is 0 Å². The molecule has 0 fully saturated rings. The molecule has 4 nitrogen and oxygen atoms in total. The van der Waals surface area contributed by atoms with Crippen LogP contribution in [0, 0.1) is 11.3 Å². The third-order valence-corrected chi connectivity index (χ3v) is 2.72. The maximum atomic E-state index is 12.0. The van der Waals surface area contributed by atoms with Crippen molar-refractivity contribution in [2.24, 2.45) is 0 Å². The van der Waals surface area contributed by atoms with Crippen molar-refractivity contribution in [1.82, 2.24) is 0 Å². The monoisotopic (exact) mass is 279 g/mol. The van der Waals surface area contributed by atoms with Gasteiger partial charge in [0.15, 0.2) is 11.5 Å². The number of para-hydroxylation sites is 2. The summed E-state index contributed by atoms with van der Waals surface area (Å²) in [5.74, 6) is -0.00656. The van der Waals surface area contributed by atoms with Gasteiger partial charge in [-0.05, 0) is 23.8 Å². The van der Waals surface area contributed by atoms with Crippen LogP contribution in [0.3, 0.4) is 0 Å². The van der Waals surface area contributed by atoms with E-state index in [2.05, 4.69) is 0 Å². The van der Waals surface area contributed by atoms with Gasteiger partial charge in [-0.2, -0.15) is 5.26 Å². The summed E-state index contributed by atoms with van der Waals surface area (Å²) >= 11 is 0. The molecule has 0 radical (unpaired) electrons. The Labute approximate surface area is 122 Å². The van der Waals surface area contributed by atoms with E-state index < -0.39 is 5.97 Å². The topological polar surface area (TPSA) is 59.3 Å². The number of esters is 1. The Morgan fingerprint density at radius 1 is 1.05 bits per heavy atom. The SMILES string of the molecule is COc1ccccc1OC(=O)/C(C#N)=C/c1ccccc1. The first-order valence-corrected chi connectivity index (χ1v) is 6.26. The molecule has 0 bridgehead atoms. The summed E-state index contributed by atoms with van der Waals surface area (Å²) in [6.07, 6.45) is 1.48. The van der Waals surface area contributed by atoms with Crippen LogP contribution < -0.4 is 9.47 Å². The molecule has 0 N–H and O–H groups in total. The van der Waals surface area contributed by atoms with Crippen molar-refractivity contribution in [1.29, 1.82) is 5.26 Å². The van der Waals surface area contributed by atoms with Crippen LogP contribution >= 0.6 is 0 Å². The lowest BCUT2D eigenvalue weighted by atomic mass is 10.1. The zero-order valence-corrected chi connectivity index (χ0v) is 11.4. The van der Waals surface area contributed by atoms with E-state index in [-0.39, 0.29) is 11.3 Å². The summed E-state index contributed by atoms with van der Waals surface area (Å²) in [6, 6.07) is 17.7. The van der Waals surface area contributed by atoms with Crippen molar-refractivity contribution in [2.75, 3.05) is 7.11 Å². The van der Waals surface area contributed by atoms with Gasteiger partial charge < -0.3 is 9.47 Å². The van der Waals surface area contributed by atoms with E-state index in [0.717, 1.165) is 5.56 Å². The number of rotatable bonds is 4. The molecular weight excluding hydrogens is 266 g/mol. The largest absolute Gasteiger partial charge is 0.493 e. The highest BCUT2D eigenvalue weighted by Crippen LogP contribution is 2.26. The standard InChI is InChI=1S/C17H13NO3/c1-20-15-9-5-6-10-16(15)21-17(19)14(12-18)11-13-7-3-2-4-8-13/h2-11H,1H3/b14-11+. The number of ether oxygens (including phenoxy) is 2. The molecule has 0 saturated carbocycles. The Morgan fingerprint density at radius 3 is 2.29 bits per heavy atom. The van der Waals surface area contributed by atoms with Crippen LogP contribution in [-0.2, 0) is 4.79 Å². The molecule has 2 aromatic carbocycles. The van der Waals surface area contributed by atoms with Gasteiger partial charge in [0.1, 0.15) is 11.6 Å². The molecular formula is C17H13NO3. The molecule has 2 aromatic rings. The fourth-order valence-corrected chi connectivity index (χ4v) is 1.71. The van der Waals surface area contributed by atoms with Crippen molar-refractivity contribution >= 4 is 12.0 Å². The van der Waals surface area contributed by atoms with E-state index in [0.29, 0.717) is 5.75 Å². The molecule has 2 rings (SSSR count). The Hall–Kier alpha value is -3.06. The van der Waals surface area contributed by atoms with E-state index in [4.69, 9.17) is 14.7 Å². The van der Waals surface area contributed by atoms with Crippen molar-refractivity contribution < 1.29 is 14.3 Å². The molecule has 0 aliphatic rings. The van der Waals surface area contributed by atoms with E-state index in [1.807, 2.05) is 24.3 Å². The number of methoxy groups -OCH3 is 1. The second-order valence-electron chi connectivity index (χ2n) is 4.12. The molecule has 0 amide bonds.